The molecular weight excluding hydrogens is 320 g/mol. The Kier molecular flexibility index (Phi) is 5.45. The van der Waals surface area contributed by atoms with Crippen molar-refractivity contribution in [3.8, 4) is 6.07 Å². The minimum absolute atomic E-state index is 0.0193. The van der Waals surface area contributed by atoms with Gasteiger partial charge in [-0.15, -0.1) is 0 Å². The molecule has 0 bridgehead atoms. The van der Waals surface area contributed by atoms with E-state index in [0.717, 1.165) is 21.8 Å². The SMILES string of the molecule is Cc1nc2ccccc2nc1S[C@H](C)C(=O)N[C@@](C)(C#N)C(C)C. The third kappa shape index (κ3) is 3.85. The van der Waals surface area contributed by atoms with Crippen LogP contribution in [0, 0.1) is 24.2 Å². The highest BCUT2D eigenvalue weighted by Crippen LogP contribution is 2.26. The molecule has 2 aromatic rings. The quantitative estimate of drug-likeness (QED) is 0.842. The lowest BCUT2D eigenvalue weighted by Gasteiger charge is -2.28. The number of carbonyl (C=O) groups excluding carboxylic acids is 1. The molecule has 6 heteroatoms. The zero-order valence-corrected chi connectivity index (χ0v) is 15.4. The van der Waals surface area contributed by atoms with E-state index in [2.05, 4.69) is 21.4 Å². The summed E-state index contributed by atoms with van der Waals surface area (Å²) in [5.41, 5.74) is 1.57. The number of aryl methyl sites for hydroxylation is 1. The molecule has 2 atom stereocenters. The molecule has 1 heterocycles. The van der Waals surface area contributed by atoms with Crippen LogP contribution in [-0.2, 0) is 4.79 Å². The molecule has 0 radical (unpaired) electrons. The van der Waals surface area contributed by atoms with E-state index >= 15 is 0 Å². The van der Waals surface area contributed by atoms with Crippen LogP contribution in [0.15, 0.2) is 29.3 Å². The van der Waals surface area contributed by atoms with Gasteiger partial charge in [-0.2, -0.15) is 5.26 Å². The van der Waals surface area contributed by atoms with Gasteiger partial charge >= 0.3 is 0 Å². The molecular formula is C18H22N4OS. The Bertz CT molecular complexity index is 799. The second-order valence-electron chi connectivity index (χ2n) is 6.32. The lowest BCUT2D eigenvalue weighted by Crippen LogP contribution is -2.51. The van der Waals surface area contributed by atoms with Crippen LogP contribution in [0.5, 0.6) is 0 Å². The van der Waals surface area contributed by atoms with Gasteiger partial charge in [0, 0.05) is 0 Å². The van der Waals surface area contributed by atoms with Gasteiger partial charge in [0.05, 0.1) is 28.0 Å². The van der Waals surface area contributed by atoms with E-state index in [1.54, 1.807) is 6.92 Å². The minimum atomic E-state index is -0.879. The Morgan fingerprint density at radius 3 is 2.38 bits per heavy atom. The van der Waals surface area contributed by atoms with Gasteiger partial charge in [0.1, 0.15) is 10.6 Å². The third-order valence-electron chi connectivity index (χ3n) is 4.13. The number of para-hydroxylation sites is 2. The number of fused-ring (bicyclic) bond motifs is 1. The Morgan fingerprint density at radius 2 is 1.83 bits per heavy atom. The molecule has 1 aromatic heterocycles. The first-order chi connectivity index (χ1) is 11.3. The number of hydrogen-bond acceptors (Lipinski definition) is 5. The van der Waals surface area contributed by atoms with Crippen molar-refractivity contribution < 1.29 is 4.79 Å². The van der Waals surface area contributed by atoms with Gasteiger partial charge in [-0.25, -0.2) is 9.97 Å². The van der Waals surface area contributed by atoms with E-state index in [-0.39, 0.29) is 17.1 Å². The number of nitriles is 1. The lowest BCUT2D eigenvalue weighted by molar-refractivity contribution is -0.121. The number of nitrogens with zero attached hydrogens (tertiary/aromatic N) is 3. The van der Waals surface area contributed by atoms with Gasteiger partial charge in [-0.05, 0) is 38.8 Å². The summed E-state index contributed by atoms with van der Waals surface area (Å²) in [7, 11) is 0. The normalized spacial score (nSPS) is 14.9. The molecule has 1 aromatic carbocycles. The predicted molar refractivity (Wildman–Crippen MR) is 96.6 cm³/mol. The fourth-order valence-electron chi connectivity index (χ4n) is 2.06. The molecule has 0 unspecified atom stereocenters. The van der Waals surface area contributed by atoms with Crippen molar-refractivity contribution in [2.24, 2.45) is 5.92 Å². The average molecular weight is 342 g/mol. The molecule has 0 saturated heterocycles. The van der Waals surface area contributed by atoms with Crippen LogP contribution >= 0.6 is 11.8 Å². The molecule has 5 nitrogen and oxygen atoms in total. The number of rotatable bonds is 5. The second kappa shape index (κ2) is 7.18. The molecule has 0 aliphatic rings. The molecule has 24 heavy (non-hydrogen) atoms. The van der Waals surface area contributed by atoms with Gasteiger partial charge in [-0.3, -0.25) is 4.79 Å². The Morgan fingerprint density at radius 1 is 1.25 bits per heavy atom. The highest BCUT2D eigenvalue weighted by molar-refractivity contribution is 8.00. The third-order valence-corrected chi connectivity index (χ3v) is 5.31. The number of nitrogens with one attached hydrogen (secondary N) is 1. The van der Waals surface area contributed by atoms with E-state index in [9.17, 15) is 10.1 Å². The summed E-state index contributed by atoms with van der Waals surface area (Å²) in [5.74, 6) is -0.155. The Balaban J connectivity index is 2.17. The van der Waals surface area contributed by atoms with Crippen molar-refractivity contribution >= 4 is 28.7 Å². The van der Waals surface area contributed by atoms with Crippen molar-refractivity contribution in [2.45, 2.75) is 50.4 Å². The van der Waals surface area contributed by atoms with Gasteiger partial charge < -0.3 is 5.32 Å². The Hall–Kier alpha value is -2.13. The monoisotopic (exact) mass is 342 g/mol. The molecule has 0 aliphatic heterocycles. The molecule has 1 N–H and O–H groups in total. The van der Waals surface area contributed by atoms with Gasteiger partial charge in [0.25, 0.3) is 0 Å². The average Bonchev–Trinajstić information content (AvgIpc) is 2.55. The van der Waals surface area contributed by atoms with E-state index in [4.69, 9.17) is 0 Å². The van der Waals surface area contributed by atoms with E-state index in [1.807, 2.05) is 52.0 Å². The number of thioether (sulfide) groups is 1. The maximum absolute atomic E-state index is 12.5. The topological polar surface area (TPSA) is 78.7 Å². The first-order valence-corrected chi connectivity index (χ1v) is 8.78. The minimum Gasteiger partial charge on any atom is -0.337 e. The zero-order valence-electron chi connectivity index (χ0n) is 14.6. The summed E-state index contributed by atoms with van der Waals surface area (Å²) in [5, 5.41) is 12.6. The Labute approximate surface area is 146 Å². The number of amides is 1. The van der Waals surface area contributed by atoms with E-state index in [0.29, 0.717) is 0 Å². The van der Waals surface area contributed by atoms with Gasteiger partial charge in [-0.1, -0.05) is 37.7 Å². The molecule has 0 saturated carbocycles. The van der Waals surface area contributed by atoms with Crippen LogP contribution in [0.1, 0.15) is 33.4 Å². The van der Waals surface area contributed by atoms with Crippen molar-refractivity contribution in [1.29, 1.82) is 5.26 Å². The van der Waals surface area contributed by atoms with Crippen molar-refractivity contribution in [3.63, 3.8) is 0 Å². The summed E-state index contributed by atoms with van der Waals surface area (Å²) < 4.78 is 0. The predicted octanol–water partition coefficient (Wildman–Crippen LogP) is 3.47. The van der Waals surface area contributed by atoms with Crippen LogP contribution < -0.4 is 5.32 Å². The maximum Gasteiger partial charge on any atom is 0.234 e. The maximum atomic E-state index is 12.5. The van der Waals surface area contributed by atoms with Crippen LogP contribution in [0.25, 0.3) is 11.0 Å². The van der Waals surface area contributed by atoms with Crippen LogP contribution in [-0.4, -0.2) is 26.7 Å². The van der Waals surface area contributed by atoms with Crippen molar-refractivity contribution in [3.05, 3.63) is 30.0 Å². The lowest BCUT2D eigenvalue weighted by atomic mass is 9.90. The smallest absolute Gasteiger partial charge is 0.234 e. The molecule has 126 valence electrons. The fourth-order valence-corrected chi connectivity index (χ4v) is 2.93. The standard InChI is InChI=1S/C18H22N4OS/c1-11(2)18(5,10-19)22-16(23)13(4)24-17-12(3)20-14-8-6-7-9-15(14)21-17/h6-9,11,13H,1-5H3,(H,22,23)/t13-,18+/m1/s1. The summed E-state index contributed by atoms with van der Waals surface area (Å²) in [6.07, 6.45) is 0. The zero-order chi connectivity index (χ0) is 17.9. The van der Waals surface area contributed by atoms with Gasteiger partial charge in [0.15, 0.2) is 0 Å². The van der Waals surface area contributed by atoms with E-state index < -0.39 is 5.54 Å². The second-order valence-corrected chi connectivity index (χ2v) is 7.65. The molecule has 1 amide bonds. The van der Waals surface area contributed by atoms with E-state index in [1.165, 1.54) is 11.8 Å². The van der Waals surface area contributed by atoms with Crippen LogP contribution in [0.2, 0.25) is 0 Å². The molecule has 2 rings (SSSR count). The highest BCUT2D eigenvalue weighted by Gasteiger charge is 2.32. The van der Waals surface area contributed by atoms with Crippen LogP contribution in [0.4, 0.5) is 0 Å². The van der Waals surface area contributed by atoms with Gasteiger partial charge in [0.2, 0.25) is 5.91 Å². The van der Waals surface area contributed by atoms with Crippen LogP contribution in [0.3, 0.4) is 0 Å². The summed E-state index contributed by atoms with van der Waals surface area (Å²) in [4.78, 5) is 21.6. The number of benzene rings is 1. The molecule has 0 fully saturated rings. The molecule has 0 spiro atoms. The van der Waals surface area contributed by atoms with Crippen molar-refractivity contribution in [2.75, 3.05) is 0 Å². The highest BCUT2D eigenvalue weighted by atomic mass is 32.2. The number of hydrogen-bond donors (Lipinski definition) is 1. The summed E-state index contributed by atoms with van der Waals surface area (Å²) >= 11 is 1.36. The van der Waals surface area contributed by atoms with Crippen molar-refractivity contribution in [1.82, 2.24) is 15.3 Å². The first-order valence-electron chi connectivity index (χ1n) is 7.90. The largest absolute Gasteiger partial charge is 0.337 e. The summed E-state index contributed by atoms with van der Waals surface area (Å²) in [6.45, 7) is 9.28. The summed E-state index contributed by atoms with van der Waals surface area (Å²) in [6, 6.07) is 9.86. The number of aromatic nitrogens is 2. The fraction of sp³-hybridized carbons (Fsp3) is 0.444. The number of carbonyl (C=O) groups is 1. The first kappa shape index (κ1) is 18.2. The molecule has 0 aliphatic carbocycles.